The molecule has 0 aliphatic carbocycles. The minimum atomic E-state index is -0.463. The van der Waals surface area contributed by atoms with Gasteiger partial charge in [-0.15, -0.1) is 0 Å². The van der Waals surface area contributed by atoms with Gasteiger partial charge < -0.3 is 10.5 Å². The highest BCUT2D eigenvalue weighted by atomic mass is 19.1. The van der Waals surface area contributed by atoms with Gasteiger partial charge in [-0.2, -0.15) is 0 Å². The Bertz CT molecular complexity index is 361. The number of nitrogens with two attached hydrogens (primary N) is 1. The summed E-state index contributed by atoms with van der Waals surface area (Å²) in [6, 6.07) is 3.99. The number of ether oxygens (including phenoxy) is 1. The van der Waals surface area contributed by atoms with Crippen LogP contribution < -0.4 is 10.6 Å². The first kappa shape index (κ1) is 8.80. The van der Waals surface area contributed by atoms with Crippen molar-refractivity contribution < 1.29 is 13.9 Å². The van der Waals surface area contributed by atoms with Crippen molar-refractivity contribution in [3.8, 4) is 0 Å². The van der Waals surface area contributed by atoms with Gasteiger partial charge in [-0.1, -0.05) is 0 Å². The van der Waals surface area contributed by atoms with E-state index in [0.717, 1.165) is 0 Å². The second-order valence-electron chi connectivity index (χ2n) is 3.01. The Hall–Kier alpha value is -1.78. The molecular weight excluding hydrogens is 187 g/mol. The van der Waals surface area contributed by atoms with Crippen molar-refractivity contribution in [3.63, 3.8) is 0 Å². The topological polar surface area (TPSA) is 55.6 Å². The maximum Gasteiger partial charge on any atom is 0.414 e. The van der Waals surface area contributed by atoms with Crippen LogP contribution in [-0.4, -0.2) is 19.2 Å². The van der Waals surface area contributed by atoms with E-state index in [1.165, 1.54) is 23.1 Å². The van der Waals surface area contributed by atoms with Crippen LogP contribution in [0.15, 0.2) is 18.2 Å². The summed E-state index contributed by atoms with van der Waals surface area (Å²) < 4.78 is 17.7. The lowest BCUT2D eigenvalue weighted by molar-refractivity contribution is 0.181. The molecule has 1 saturated heterocycles. The lowest BCUT2D eigenvalue weighted by Crippen LogP contribution is -2.23. The SMILES string of the molecule is Nc1cc(F)cc(N2CCOC2=O)c1. The predicted octanol–water partition coefficient (Wildman–Crippen LogP) is 1.36. The molecule has 14 heavy (non-hydrogen) atoms. The van der Waals surface area contributed by atoms with E-state index in [1.54, 1.807) is 0 Å². The summed E-state index contributed by atoms with van der Waals surface area (Å²) in [5.41, 5.74) is 6.18. The van der Waals surface area contributed by atoms with Gasteiger partial charge >= 0.3 is 6.09 Å². The third-order valence-corrected chi connectivity index (χ3v) is 1.98. The molecule has 1 heterocycles. The second kappa shape index (κ2) is 3.17. The Morgan fingerprint density at radius 1 is 1.43 bits per heavy atom. The van der Waals surface area contributed by atoms with E-state index in [-0.39, 0.29) is 0 Å². The van der Waals surface area contributed by atoms with Gasteiger partial charge in [-0.05, 0) is 18.2 Å². The van der Waals surface area contributed by atoms with Gasteiger partial charge in [-0.25, -0.2) is 9.18 Å². The smallest absolute Gasteiger partial charge is 0.414 e. The van der Waals surface area contributed by atoms with Crippen molar-refractivity contribution in [2.24, 2.45) is 0 Å². The van der Waals surface area contributed by atoms with E-state index in [9.17, 15) is 9.18 Å². The molecule has 1 aliphatic rings. The summed E-state index contributed by atoms with van der Waals surface area (Å²) in [4.78, 5) is 12.5. The summed E-state index contributed by atoms with van der Waals surface area (Å²) in [6.45, 7) is 0.761. The van der Waals surface area contributed by atoms with Crippen molar-refractivity contribution >= 4 is 17.5 Å². The highest BCUT2D eigenvalue weighted by Gasteiger charge is 2.23. The van der Waals surface area contributed by atoms with Crippen LogP contribution in [0.5, 0.6) is 0 Å². The molecule has 0 aromatic heterocycles. The average molecular weight is 196 g/mol. The Kier molecular flexibility index (Phi) is 1.99. The predicted molar refractivity (Wildman–Crippen MR) is 49.5 cm³/mol. The van der Waals surface area contributed by atoms with E-state index < -0.39 is 11.9 Å². The summed E-state index contributed by atoms with van der Waals surface area (Å²) in [5.74, 6) is -0.459. The standard InChI is InChI=1S/C9H9FN2O2/c10-6-3-7(11)5-8(4-6)12-1-2-14-9(12)13/h3-5H,1-2,11H2. The first-order valence-electron chi connectivity index (χ1n) is 4.17. The molecule has 2 N–H and O–H groups in total. The number of halogens is 1. The highest BCUT2D eigenvalue weighted by molar-refractivity contribution is 5.89. The van der Waals surface area contributed by atoms with Crippen molar-refractivity contribution in [2.75, 3.05) is 23.8 Å². The van der Waals surface area contributed by atoms with Crippen molar-refractivity contribution in [3.05, 3.63) is 24.0 Å². The molecule has 0 bridgehead atoms. The van der Waals surface area contributed by atoms with Crippen molar-refractivity contribution in [1.82, 2.24) is 0 Å². The molecule has 74 valence electrons. The number of anilines is 2. The summed E-state index contributed by atoms with van der Waals surface area (Å²) in [5, 5.41) is 0. The maximum atomic E-state index is 12.9. The quantitative estimate of drug-likeness (QED) is 0.690. The molecule has 0 atom stereocenters. The Labute approximate surface area is 80.1 Å². The first-order valence-corrected chi connectivity index (χ1v) is 4.17. The number of cyclic esters (lactones) is 1. The number of amides is 1. The number of nitrogen functional groups attached to an aromatic ring is 1. The fraction of sp³-hybridized carbons (Fsp3) is 0.222. The largest absolute Gasteiger partial charge is 0.447 e. The third kappa shape index (κ3) is 1.48. The molecule has 0 spiro atoms. The number of nitrogens with zero attached hydrogens (tertiary/aromatic N) is 1. The van der Waals surface area contributed by atoms with Crippen LogP contribution in [0.3, 0.4) is 0 Å². The molecule has 1 fully saturated rings. The summed E-state index contributed by atoms with van der Waals surface area (Å²) >= 11 is 0. The van der Waals surface area contributed by atoms with Gasteiger partial charge in [0.15, 0.2) is 0 Å². The third-order valence-electron chi connectivity index (χ3n) is 1.98. The molecular formula is C9H9FN2O2. The fourth-order valence-electron chi connectivity index (χ4n) is 1.38. The Morgan fingerprint density at radius 2 is 2.21 bits per heavy atom. The lowest BCUT2D eigenvalue weighted by Gasteiger charge is -2.12. The van der Waals surface area contributed by atoms with E-state index in [1.807, 2.05) is 0 Å². The van der Waals surface area contributed by atoms with Crippen LogP contribution in [0.4, 0.5) is 20.6 Å². The normalized spacial score (nSPS) is 15.8. The minimum absolute atomic E-state index is 0.291. The molecule has 2 rings (SSSR count). The van der Waals surface area contributed by atoms with E-state index in [2.05, 4.69) is 0 Å². The van der Waals surface area contributed by atoms with E-state index in [4.69, 9.17) is 10.5 Å². The second-order valence-corrected chi connectivity index (χ2v) is 3.01. The fourth-order valence-corrected chi connectivity index (χ4v) is 1.38. The Morgan fingerprint density at radius 3 is 2.79 bits per heavy atom. The van der Waals surface area contributed by atoms with Crippen molar-refractivity contribution in [2.45, 2.75) is 0 Å². The van der Waals surface area contributed by atoms with Gasteiger partial charge in [0.25, 0.3) is 0 Å². The number of carbonyl (C=O) groups excluding carboxylic acids is 1. The minimum Gasteiger partial charge on any atom is -0.447 e. The first-order chi connectivity index (χ1) is 6.66. The number of carbonyl (C=O) groups is 1. The van der Waals surface area contributed by atoms with Gasteiger partial charge in [0, 0.05) is 5.69 Å². The monoisotopic (exact) mass is 196 g/mol. The highest BCUT2D eigenvalue weighted by Crippen LogP contribution is 2.22. The summed E-state index contributed by atoms with van der Waals surface area (Å²) in [6.07, 6.45) is -0.463. The van der Waals surface area contributed by atoms with Crippen LogP contribution in [0.1, 0.15) is 0 Å². The van der Waals surface area contributed by atoms with Crippen LogP contribution >= 0.6 is 0 Å². The lowest BCUT2D eigenvalue weighted by atomic mass is 10.2. The van der Waals surface area contributed by atoms with Gasteiger partial charge in [0.1, 0.15) is 12.4 Å². The molecule has 4 nitrogen and oxygen atoms in total. The maximum absolute atomic E-state index is 12.9. The number of benzene rings is 1. The number of hydrogen-bond acceptors (Lipinski definition) is 3. The molecule has 1 aromatic rings. The average Bonchev–Trinajstić information content (AvgIpc) is 2.49. The van der Waals surface area contributed by atoms with E-state index >= 15 is 0 Å². The van der Waals surface area contributed by atoms with Gasteiger partial charge in [0.2, 0.25) is 0 Å². The van der Waals surface area contributed by atoms with Gasteiger partial charge in [0.05, 0.1) is 12.2 Å². The Balaban J connectivity index is 2.35. The van der Waals surface area contributed by atoms with Crippen molar-refractivity contribution in [1.29, 1.82) is 0 Å². The van der Waals surface area contributed by atoms with Crippen LogP contribution in [-0.2, 0) is 4.74 Å². The van der Waals surface area contributed by atoms with Crippen LogP contribution in [0.25, 0.3) is 0 Å². The zero-order valence-corrected chi connectivity index (χ0v) is 7.37. The van der Waals surface area contributed by atoms with Gasteiger partial charge in [-0.3, -0.25) is 4.90 Å². The zero-order valence-electron chi connectivity index (χ0n) is 7.37. The molecule has 5 heteroatoms. The zero-order chi connectivity index (χ0) is 10.1. The molecule has 1 aromatic carbocycles. The molecule has 1 aliphatic heterocycles. The van der Waals surface area contributed by atoms with Crippen LogP contribution in [0, 0.1) is 5.82 Å². The summed E-state index contributed by atoms with van der Waals surface area (Å²) in [7, 11) is 0. The number of hydrogen-bond donors (Lipinski definition) is 1. The van der Waals surface area contributed by atoms with E-state index in [0.29, 0.717) is 24.5 Å². The molecule has 1 amide bonds. The molecule has 0 saturated carbocycles. The molecule has 0 radical (unpaired) electrons. The molecule has 0 unspecified atom stereocenters. The van der Waals surface area contributed by atoms with Crippen LogP contribution in [0.2, 0.25) is 0 Å². The number of rotatable bonds is 1.